The predicted molar refractivity (Wildman–Crippen MR) is 86.3 cm³/mol. The van der Waals surface area contributed by atoms with Gasteiger partial charge in [0, 0.05) is 24.6 Å². The monoisotopic (exact) mass is 322 g/mol. The van der Waals surface area contributed by atoms with Crippen molar-refractivity contribution in [2.75, 3.05) is 0 Å². The first kappa shape index (κ1) is 14.5. The van der Waals surface area contributed by atoms with E-state index in [1.54, 1.807) is 36.4 Å². The molecule has 1 atom stereocenters. The van der Waals surface area contributed by atoms with E-state index in [1.807, 2.05) is 19.1 Å². The lowest BCUT2D eigenvalue weighted by molar-refractivity contribution is -0.131. The molecule has 1 unspecified atom stereocenters. The van der Waals surface area contributed by atoms with Gasteiger partial charge in [0.15, 0.2) is 0 Å². The zero-order valence-corrected chi connectivity index (χ0v) is 13.2. The fraction of sp³-hybridized carbons (Fsp3) is 0.158. The van der Waals surface area contributed by atoms with Crippen LogP contribution in [0.2, 0.25) is 0 Å². The number of benzene rings is 2. The molecule has 5 heteroatoms. The molecule has 24 heavy (non-hydrogen) atoms. The van der Waals surface area contributed by atoms with Crippen LogP contribution in [-0.4, -0.2) is 17.5 Å². The largest absolute Gasteiger partial charge is 0.441 e. The van der Waals surface area contributed by atoms with Gasteiger partial charge in [-0.25, -0.2) is 0 Å². The number of fused-ring (bicyclic) bond motifs is 2. The van der Waals surface area contributed by atoms with E-state index in [0.29, 0.717) is 22.8 Å². The third-order valence-corrected chi connectivity index (χ3v) is 3.95. The second-order valence-electron chi connectivity index (χ2n) is 5.83. The van der Waals surface area contributed by atoms with Gasteiger partial charge in [0.25, 0.3) is 5.78 Å². The van der Waals surface area contributed by atoms with Crippen molar-refractivity contribution >= 4 is 17.8 Å². The molecule has 5 nitrogen and oxygen atoms in total. The van der Waals surface area contributed by atoms with E-state index in [4.69, 9.17) is 14.2 Å². The van der Waals surface area contributed by atoms with E-state index < -0.39 is 11.8 Å². The summed E-state index contributed by atoms with van der Waals surface area (Å²) >= 11 is 0. The van der Waals surface area contributed by atoms with Crippen molar-refractivity contribution in [1.82, 2.24) is 0 Å². The highest BCUT2D eigenvalue weighted by Crippen LogP contribution is 2.42. The number of ketones is 1. The summed E-state index contributed by atoms with van der Waals surface area (Å²) in [4.78, 5) is 23.9. The van der Waals surface area contributed by atoms with Gasteiger partial charge in [-0.05, 0) is 42.8 Å². The Morgan fingerprint density at radius 3 is 2.67 bits per heavy atom. The fourth-order valence-electron chi connectivity index (χ4n) is 2.84. The molecule has 0 fully saturated rings. The predicted octanol–water partition coefficient (Wildman–Crippen LogP) is 3.30. The lowest BCUT2D eigenvalue weighted by Crippen LogP contribution is -2.45. The molecule has 0 bridgehead atoms. The van der Waals surface area contributed by atoms with Crippen LogP contribution in [-0.2, 0) is 4.79 Å². The van der Waals surface area contributed by atoms with Crippen LogP contribution in [0, 0.1) is 6.92 Å². The molecule has 4 rings (SSSR count). The maximum absolute atomic E-state index is 12.8. The Hall–Kier alpha value is -3.08. The number of ether oxygens (including phenoxy) is 3. The van der Waals surface area contributed by atoms with E-state index in [0.717, 1.165) is 11.1 Å². The van der Waals surface area contributed by atoms with Gasteiger partial charge in [0.2, 0.25) is 0 Å². The zero-order chi connectivity index (χ0) is 16.9. The Labute approximate surface area is 138 Å². The first-order valence-electron chi connectivity index (χ1n) is 7.52. The standard InChI is InChI=1S/C19H14O5/c1-11-3-6-15-17(9-11)24-19(18(15)21)8-7-13-4-5-14(22-12(2)20)10-16(13)23-19/h3-10H,1-2H3. The van der Waals surface area contributed by atoms with Gasteiger partial charge in [-0.15, -0.1) is 0 Å². The summed E-state index contributed by atoms with van der Waals surface area (Å²) in [5.41, 5.74) is 2.26. The average molecular weight is 322 g/mol. The molecule has 2 aliphatic heterocycles. The number of hydrogen-bond donors (Lipinski definition) is 0. The SMILES string of the molecule is CC(=O)Oc1ccc2c(c1)OC1(C=C2)Oc2cc(C)ccc2C1=O. The van der Waals surface area contributed by atoms with Crippen LogP contribution in [0.3, 0.4) is 0 Å². The third kappa shape index (κ3) is 2.17. The summed E-state index contributed by atoms with van der Waals surface area (Å²) in [5.74, 6) is -0.897. The van der Waals surface area contributed by atoms with Gasteiger partial charge in [-0.1, -0.05) is 6.07 Å². The fourth-order valence-corrected chi connectivity index (χ4v) is 2.84. The highest BCUT2D eigenvalue weighted by atomic mass is 16.7. The first-order chi connectivity index (χ1) is 11.5. The van der Waals surface area contributed by atoms with Gasteiger partial charge in [-0.3, -0.25) is 9.59 Å². The quantitative estimate of drug-likeness (QED) is 0.595. The number of rotatable bonds is 1. The van der Waals surface area contributed by atoms with Crippen LogP contribution in [0.25, 0.3) is 6.08 Å². The van der Waals surface area contributed by atoms with Crippen LogP contribution in [0.5, 0.6) is 17.2 Å². The summed E-state index contributed by atoms with van der Waals surface area (Å²) in [6.45, 7) is 3.25. The lowest BCUT2D eigenvalue weighted by Gasteiger charge is -2.28. The van der Waals surface area contributed by atoms with E-state index in [-0.39, 0.29) is 5.78 Å². The maximum Gasteiger partial charge on any atom is 0.337 e. The molecule has 2 aromatic rings. The molecular weight excluding hydrogens is 308 g/mol. The minimum absolute atomic E-state index is 0.253. The maximum atomic E-state index is 12.8. The molecule has 0 aliphatic carbocycles. The first-order valence-corrected chi connectivity index (χ1v) is 7.52. The van der Waals surface area contributed by atoms with Crippen LogP contribution in [0.15, 0.2) is 42.5 Å². The molecule has 0 aromatic heterocycles. The summed E-state index contributed by atoms with van der Waals surface area (Å²) in [7, 11) is 0. The van der Waals surface area contributed by atoms with E-state index >= 15 is 0 Å². The molecule has 2 aromatic carbocycles. The van der Waals surface area contributed by atoms with Crippen LogP contribution in [0.1, 0.15) is 28.4 Å². The molecule has 1 spiro atoms. The number of esters is 1. The van der Waals surface area contributed by atoms with Gasteiger partial charge in [0.05, 0.1) is 5.56 Å². The Bertz CT molecular complexity index is 912. The van der Waals surface area contributed by atoms with Gasteiger partial charge >= 0.3 is 11.8 Å². The van der Waals surface area contributed by atoms with Crippen LogP contribution >= 0.6 is 0 Å². The average Bonchev–Trinajstić information content (AvgIpc) is 2.78. The highest BCUT2D eigenvalue weighted by Gasteiger charge is 2.50. The number of carbonyl (C=O) groups excluding carboxylic acids is 2. The second-order valence-corrected chi connectivity index (χ2v) is 5.83. The van der Waals surface area contributed by atoms with Gasteiger partial charge < -0.3 is 14.2 Å². The van der Waals surface area contributed by atoms with Gasteiger partial charge in [0.1, 0.15) is 17.2 Å². The summed E-state index contributed by atoms with van der Waals surface area (Å²) < 4.78 is 16.8. The molecular formula is C19H14O5. The summed E-state index contributed by atoms with van der Waals surface area (Å²) in [6.07, 6.45) is 3.38. The second kappa shape index (κ2) is 4.96. The molecule has 2 aliphatic rings. The van der Waals surface area contributed by atoms with Crippen molar-refractivity contribution in [3.63, 3.8) is 0 Å². The highest BCUT2D eigenvalue weighted by molar-refractivity contribution is 6.08. The van der Waals surface area contributed by atoms with Crippen molar-refractivity contribution in [1.29, 1.82) is 0 Å². The number of Topliss-reactive ketones (excluding diaryl/α,β-unsaturated/α-hetero) is 1. The van der Waals surface area contributed by atoms with E-state index in [2.05, 4.69) is 0 Å². The minimum Gasteiger partial charge on any atom is -0.441 e. The lowest BCUT2D eigenvalue weighted by atomic mass is 10.0. The molecule has 0 amide bonds. The minimum atomic E-state index is -1.50. The number of carbonyl (C=O) groups is 2. The smallest absolute Gasteiger partial charge is 0.337 e. The Kier molecular flexibility index (Phi) is 3.00. The molecule has 120 valence electrons. The van der Waals surface area contributed by atoms with Crippen LogP contribution in [0.4, 0.5) is 0 Å². The third-order valence-electron chi connectivity index (χ3n) is 3.95. The van der Waals surface area contributed by atoms with Crippen molar-refractivity contribution in [2.24, 2.45) is 0 Å². The molecule has 0 N–H and O–H groups in total. The molecule has 0 saturated carbocycles. The van der Waals surface area contributed by atoms with Crippen molar-refractivity contribution in [2.45, 2.75) is 19.6 Å². The molecule has 0 saturated heterocycles. The molecule has 0 radical (unpaired) electrons. The Morgan fingerprint density at radius 2 is 1.88 bits per heavy atom. The van der Waals surface area contributed by atoms with Gasteiger partial charge in [-0.2, -0.15) is 0 Å². The molecule has 2 heterocycles. The normalized spacial score (nSPS) is 20.2. The van der Waals surface area contributed by atoms with E-state index in [1.165, 1.54) is 6.92 Å². The number of aryl methyl sites for hydroxylation is 1. The van der Waals surface area contributed by atoms with Crippen LogP contribution < -0.4 is 14.2 Å². The van der Waals surface area contributed by atoms with E-state index in [9.17, 15) is 9.59 Å². The zero-order valence-electron chi connectivity index (χ0n) is 13.2. The summed E-state index contributed by atoms with van der Waals surface area (Å²) in [5, 5.41) is 0. The summed E-state index contributed by atoms with van der Waals surface area (Å²) in [6, 6.07) is 10.4. The Morgan fingerprint density at radius 1 is 1.08 bits per heavy atom. The topological polar surface area (TPSA) is 61.8 Å². The van der Waals surface area contributed by atoms with Crippen molar-refractivity contribution < 1.29 is 23.8 Å². The number of hydrogen-bond acceptors (Lipinski definition) is 5. The van der Waals surface area contributed by atoms with Crippen molar-refractivity contribution in [3.8, 4) is 17.2 Å². The van der Waals surface area contributed by atoms with Crippen molar-refractivity contribution in [3.05, 3.63) is 59.2 Å². The Balaban J connectivity index is 1.72.